The Balaban J connectivity index is 1.08. The number of rotatable bonds is 12. The predicted molar refractivity (Wildman–Crippen MR) is 188 cm³/mol. The molecule has 0 bridgehead atoms. The van der Waals surface area contributed by atoms with Crippen LogP contribution in [-0.4, -0.2) is 47.5 Å². The summed E-state index contributed by atoms with van der Waals surface area (Å²) in [4.78, 5) is 17.9. The first-order valence-corrected chi connectivity index (χ1v) is 16.6. The van der Waals surface area contributed by atoms with Crippen LogP contribution in [0.3, 0.4) is 0 Å². The van der Waals surface area contributed by atoms with E-state index in [-0.39, 0.29) is 29.5 Å². The van der Waals surface area contributed by atoms with E-state index < -0.39 is 23.4 Å². The summed E-state index contributed by atoms with van der Waals surface area (Å²) >= 11 is 0. The molecule has 10 nitrogen and oxygen atoms in total. The molecular formula is C39H34F3N5O5. The molecule has 13 heteroatoms. The predicted octanol–water partition coefficient (Wildman–Crippen LogP) is 7.85. The molecule has 1 aliphatic heterocycles. The number of halogens is 3. The molecule has 4 aromatic carbocycles. The highest BCUT2D eigenvalue weighted by atomic mass is 19.1. The van der Waals surface area contributed by atoms with Crippen LogP contribution in [0, 0.1) is 23.4 Å². The number of pyridine rings is 1. The van der Waals surface area contributed by atoms with Gasteiger partial charge in [-0.15, -0.1) is 0 Å². The molecule has 52 heavy (non-hydrogen) atoms. The lowest BCUT2D eigenvalue weighted by atomic mass is 9.99. The van der Waals surface area contributed by atoms with Gasteiger partial charge in [0.05, 0.1) is 31.1 Å². The molecule has 0 unspecified atom stereocenters. The third-order valence-electron chi connectivity index (χ3n) is 8.62. The Hall–Kier alpha value is -6.08. The van der Waals surface area contributed by atoms with Gasteiger partial charge in [0.2, 0.25) is 0 Å². The van der Waals surface area contributed by atoms with Crippen molar-refractivity contribution in [3.63, 3.8) is 0 Å². The smallest absolute Gasteiger partial charge is 0.280 e. The average molecular weight is 710 g/mol. The number of nitrogens with zero attached hydrogens (tertiary/aromatic N) is 3. The standard InChI is InChI=1S/C39H34F3N5O5/c1-49-35-19-30-32(20-36(35)50-23-25-12-15-43-16-13-25)44-17-14-33(30)52-34-11-8-28(18-31(34)42)45-39(48)38-37(51-22-24-2-4-26(40)5-3-24)21-47(46-38)29-9-6-27(41)7-10-29/h2-11,14,17-21,25,43H,12-13,15-16,22-23H2,1H3,(H,45,48). The van der Waals surface area contributed by atoms with Gasteiger partial charge in [-0.2, -0.15) is 5.10 Å². The summed E-state index contributed by atoms with van der Waals surface area (Å²) in [6, 6.07) is 20.4. The van der Waals surface area contributed by atoms with Gasteiger partial charge in [-0.25, -0.2) is 17.9 Å². The fourth-order valence-electron chi connectivity index (χ4n) is 5.80. The van der Waals surface area contributed by atoms with Crippen molar-refractivity contribution in [1.82, 2.24) is 20.1 Å². The van der Waals surface area contributed by atoms with Gasteiger partial charge in [0, 0.05) is 29.4 Å². The van der Waals surface area contributed by atoms with Crippen LogP contribution in [0.4, 0.5) is 18.9 Å². The Morgan fingerprint density at radius 3 is 2.33 bits per heavy atom. The van der Waals surface area contributed by atoms with E-state index in [0.717, 1.165) is 32.0 Å². The number of hydrogen-bond donors (Lipinski definition) is 2. The zero-order valence-electron chi connectivity index (χ0n) is 28.1. The van der Waals surface area contributed by atoms with Crippen LogP contribution in [0.5, 0.6) is 28.7 Å². The number of methoxy groups -OCH3 is 1. The van der Waals surface area contributed by atoms with E-state index in [9.17, 15) is 13.6 Å². The number of aromatic nitrogens is 3. The number of ether oxygens (including phenoxy) is 4. The number of amides is 1. The molecule has 0 spiro atoms. The van der Waals surface area contributed by atoms with E-state index in [4.69, 9.17) is 18.9 Å². The maximum atomic E-state index is 15.5. The molecule has 1 fully saturated rings. The molecule has 6 aromatic rings. The fraction of sp³-hybridized carbons (Fsp3) is 0.205. The van der Waals surface area contributed by atoms with Gasteiger partial charge in [0.25, 0.3) is 5.91 Å². The monoisotopic (exact) mass is 709 g/mol. The highest BCUT2D eigenvalue weighted by Crippen LogP contribution is 2.38. The van der Waals surface area contributed by atoms with Crippen molar-refractivity contribution < 1.29 is 36.9 Å². The van der Waals surface area contributed by atoms with Crippen molar-refractivity contribution in [2.75, 3.05) is 32.1 Å². The second-order valence-corrected chi connectivity index (χ2v) is 12.2. The van der Waals surface area contributed by atoms with Crippen LogP contribution in [0.1, 0.15) is 28.9 Å². The first kappa shape index (κ1) is 34.4. The molecule has 1 aliphatic rings. The minimum Gasteiger partial charge on any atom is -0.493 e. The molecule has 2 N–H and O–H groups in total. The maximum Gasteiger partial charge on any atom is 0.280 e. The molecule has 7 rings (SSSR count). The van der Waals surface area contributed by atoms with Gasteiger partial charge < -0.3 is 29.6 Å². The molecule has 0 aliphatic carbocycles. The minimum absolute atomic E-state index is 0.0125. The van der Waals surface area contributed by atoms with Gasteiger partial charge in [-0.3, -0.25) is 9.78 Å². The molecular weight excluding hydrogens is 675 g/mol. The van der Waals surface area contributed by atoms with Crippen LogP contribution in [0.25, 0.3) is 16.6 Å². The third-order valence-corrected chi connectivity index (χ3v) is 8.62. The zero-order chi connectivity index (χ0) is 36.0. The largest absolute Gasteiger partial charge is 0.493 e. The summed E-state index contributed by atoms with van der Waals surface area (Å²) in [5, 5.41) is 11.0. The Morgan fingerprint density at radius 2 is 1.60 bits per heavy atom. The number of benzene rings is 4. The third kappa shape index (κ3) is 7.94. The van der Waals surface area contributed by atoms with Crippen LogP contribution in [0.15, 0.2) is 97.3 Å². The summed E-state index contributed by atoms with van der Waals surface area (Å²) in [7, 11) is 1.55. The quantitative estimate of drug-likeness (QED) is 0.132. The van der Waals surface area contributed by atoms with Crippen LogP contribution in [-0.2, 0) is 6.61 Å². The van der Waals surface area contributed by atoms with Gasteiger partial charge in [0.15, 0.2) is 34.5 Å². The van der Waals surface area contributed by atoms with Crippen molar-refractivity contribution in [1.29, 1.82) is 0 Å². The van der Waals surface area contributed by atoms with Gasteiger partial charge >= 0.3 is 0 Å². The van der Waals surface area contributed by atoms with Gasteiger partial charge in [0.1, 0.15) is 24.0 Å². The van der Waals surface area contributed by atoms with Crippen molar-refractivity contribution >= 4 is 22.5 Å². The van der Waals surface area contributed by atoms with Gasteiger partial charge in [-0.05, 0) is 98.1 Å². The van der Waals surface area contributed by atoms with E-state index in [1.54, 1.807) is 43.6 Å². The average Bonchev–Trinajstić information content (AvgIpc) is 3.60. The first-order valence-electron chi connectivity index (χ1n) is 16.6. The molecule has 0 atom stereocenters. The lowest BCUT2D eigenvalue weighted by Gasteiger charge is -2.23. The number of anilines is 1. The Kier molecular flexibility index (Phi) is 10.2. The van der Waals surface area contributed by atoms with Crippen LogP contribution in [0.2, 0.25) is 0 Å². The summed E-state index contributed by atoms with van der Waals surface area (Å²) in [5.41, 5.74) is 1.74. The second-order valence-electron chi connectivity index (χ2n) is 12.2. The fourth-order valence-corrected chi connectivity index (χ4v) is 5.80. The number of fused-ring (bicyclic) bond motifs is 1. The topological polar surface area (TPSA) is 109 Å². The van der Waals surface area contributed by atoms with Crippen molar-refractivity contribution in [3.8, 4) is 34.4 Å². The van der Waals surface area contributed by atoms with Crippen molar-refractivity contribution in [3.05, 3.63) is 126 Å². The Bertz CT molecular complexity index is 2190. The molecule has 266 valence electrons. The number of nitrogens with one attached hydrogen (secondary N) is 2. The molecule has 1 amide bonds. The summed E-state index contributed by atoms with van der Waals surface area (Å²) in [6.45, 7) is 2.51. The highest BCUT2D eigenvalue weighted by molar-refractivity contribution is 6.04. The first-order chi connectivity index (χ1) is 25.3. The molecule has 3 heterocycles. The lowest BCUT2D eigenvalue weighted by Crippen LogP contribution is -2.30. The molecule has 0 saturated carbocycles. The Morgan fingerprint density at radius 1 is 0.846 bits per heavy atom. The number of carbonyl (C=O) groups excluding carboxylic acids is 1. The van der Waals surface area contributed by atoms with Gasteiger partial charge in [-0.1, -0.05) is 12.1 Å². The zero-order valence-corrected chi connectivity index (χ0v) is 28.1. The molecule has 0 radical (unpaired) electrons. The van der Waals surface area contributed by atoms with E-state index >= 15 is 4.39 Å². The SMILES string of the molecule is COc1cc2c(Oc3ccc(NC(=O)c4nn(-c5ccc(F)cc5)cc4OCc4ccc(F)cc4)cc3F)ccnc2cc1OCC1CCNCC1. The highest BCUT2D eigenvalue weighted by Gasteiger charge is 2.21. The maximum absolute atomic E-state index is 15.5. The summed E-state index contributed by atoms with van der Waals surface area (Å²) < 4.78 is 67.5. The molecule has 2 aromatic heterocycles. The summed E-state index contributed by atoms with van der Waals surface area (Å²) in [5.74, 6) is -0.374. The normalized spacial score (nSPS) is 13.2. The van der Waals surface area contributed by atoms with E-state index in [0.29, 0.717) is 51.9 Å². The molecule has 1 saturated heterocycles. The number of hydrogen-bond acceptors (Lipinski definition) is 8. The number of piperidine rings is 1. The second kappa shape index (κ2) is 15.4. The number of carbonyl (C=O) groups is 1. The van der Waals surface area contributed by atoms with Crippen LogP contribution < -0.4 is 29.6 Å². The van der Waals surface area contributed by atoms with E-state index in [1.807, 2.05) is 0 Å². The lowest BCUT2D eigenvalue weighted by molar-refractivity contribution is 0.101. The van der Waals surface area contributed by atoms with Crippen LogP contribution >= 0.6 is 0 Å². The Labute approximate surface area is 297 Å². The minimum atomic E-state index is -0.735. The van der Waals surface area contributed by atoms with E-state index in [2.05, 4.69) is 20.7 Å². The van der Waals surface area contributed by atoms with Crippen molar-refractivity contribution in [2.45, 2.75) is 19.4 Å². The summed E-state index contributed by atoms with van der Waals surface area (Å²) in [6.07, 6.45) is 5.11. The van der Waals surface area contributed by atoms with E-state index in [1.165, 1.54) is 59.4 Å². The van der Waals surface area contributed by atoms with Crippen molar-refractivity contribution in [2.24, 2.45) is 5.92 Å².